The first-order valence-electron chi connectivity index (χ1n) is 10.3. The van der Waals surface area contributed by atoms with Gasteiger partial charge in [-0.2, -0.15) is 0 Å². The SMILES string of the molecule is C[C@@H]1O[C@@H](O[C@@H]2[C@H](O)[C@@H](O)[C@@H](O[C@H]3[C@H](O)[C@H](CO)O[C@@H]3CO)O[C@@H]2CO)[C@H](O)[C@H](O)[C@H]1O. The smallest absolute Gasteiger partial charge is 0.187 e. The summed E-state index contributed by atoms with van der Waals surface area (Å²) >= 11 is 0. The van der Waals surface area contributed by atoms with Gasteiger partial charge in [0.25, 0.3) is 0 Å². The molecule has 14 heteroatoms. The molecule has 3 aliphatic rings. The topological polar surface area (TPSA) is 228 Å². The molecule has 9 N–H and O–H groups in total. The fraction of sp³-hybridized carbons (Fsp3) is 1.00. The minimum absolute atomic E-state index is 0.550. The lowest BCUT2D eigenvalue weighted by Gasteiger charge is -2.46. The van der Waals surface area contributed by atoms with Crippen LogP contribution in [0.1, 0.15) is 6.92 Å². The summed E-state index contributed by atoms with van der Waals surface area (Å²) in [6.07, 6.45) is -19.6. The highest BCUT2D eigenvalue weighted by Gasteiger charge is 2.52. The quantitative estimate of drug-likeness (QED) is 0.168. The summed E-state index contributed by atoms with van der Waals surface area (Å²) in [5.41, 5.74) is 0. The van der Waals surface area contributed by atoms with Crippen molar-refractivity contribution in [2.45, 2.75) is 92.8 Å². The van der Waals surface area contributed by atoms with Crippen LogP contribution >= 0.6 is 0 Å². The first kappa shape index (κ1) is 26.1. The third-order valence-electron chi connectivity index (χ3n) is 6.00. The number of aliphatic hydroxyl groups excluding tert-OH is 9. The summed E-state index contributed by atoms with van der Waals surface area (Å²) in [7, 11) is 0. The maximum Gasteiger partial charge on any atom is 0.187 e. The zero-order valence-electron chi connectivity index (χ0n) is 17.3. The lowest BCUT2D eigenvalue weighted by Crippen LogP contribution is -2.64. The summed E-state index contributed by atoms with van der Waals surface area (Å²) < 4.78 is 27.1. The average Bonchev–Trinajstić information content (AvgIpc) is 3.09. The molecule has 32 heavy (non-hydrogen) atoms. The fourth-order valence-corrected chi connectivity index (χ4v) is 4.05. The Labute approximate surface area is 183 Å². The van der Waals surface area contributed by atoms with Gasteiger partial charge in [0.05, 0.1) is 25.9 Å². The molecule has 0 radical (unpaired) electrons. The highest BCUT2D eigenvalue weighted by Crippen LogP contribution is 2.32. The molecular weight excluding hydrogens is 440 g/mol. The van der Waals surface area contributed by atoms with E-state index in [1.54, 1.807) is 0 Å². The van der Waals surface area contributed by atoms with E-state index < -0.39 is 106 Å². The minimum atomic E-state index is -1.77. The van der Waals surface area contributed by atoms with Gasteiger partial charge >= 0.3 is 0 Å². The van der Waals surface area contributed by atoms with Crippen molar-refractivity contribution in [1.29, 1.82) is 0 Å². The summed E-state index contributed by atoms with van der Waals surface area (Å²) in [6, 6.07) is 0. The van der Waals surface area contributed by atoms with Gasteiger partial charge in [0.1, 0.15) is 67.1 Å². The maximum absolute atomic E-state index is 10.6. The molecule has 3 aliphatic heterocycles. The molecule has 0 aromatic heterocycles. The van der Waals surface area contributed by atoms with Gasteiger partial charge in [0, 0.05) is 0 Å². The fourth-order valence-electron chi connectivity index (χ4n) is 4.05. The zero-order chi connectivity index (χ0) is 23.7. The Balaban J connectivity index is 1.69. The molecule has 3 rings (SSSR count). The highest BCUT2D eigenvalue weighted by atomic mass is 16.7. The van der Waals surface area contributed by atoms with E-state index in [1.165, 1.54) is 6.92 Å². The molecule has 14 atom stereocenters. The van der Waals surface area contributed by atoms with Crippen molar-refractivity contribution in [3.8, 4) is 0 Å². The zero-order valence-corrected chi connectivity index (χ0v) is 17.3. The second kappa shape index (κ2) is 10.8. The first-order chi connectivity index (χ1) is 15.1. The van der Waals surface area contributed by atoms with E-state index in [0.29, 0.717) is 0 Å². The van der Waals surface area contributed by atoms with E-state index in [9.17, 15) is 46.0 Å². The molecule has 3 fully saturated rings. The van der Waals surface area contributed by atoms with Crippen molar-refractivity contribution in [2.75, 3.05) is 19.8 Å². The van der Waals surface area contributed by atoms with Gasteiger partial charge in [-0.05, 0) is 6.92 Å². The number of aliphatic hydroxyl groups is 9. The Bertz CT molecular complexity index is 592. The molecule has 0 unspecified atom stereocenters. The first-order valence-corrected chi connectivity index (χ1v) is 10.3. The van der Waals surface area contributed by atoms with Crippen molar-refractivity contribution in [3.05, 3.63) is 0 Å². The van der Waals surface area contributed by atoms with Crippen LogP contribution in [0.25, 0.3) is 0 Å². The van der Waals surface area contributed by atoms with Crippen LogP contribution in [0.5, 0.6) is 0 Å². The molecule has 3 saturated heterocycles. The Hall–Kier alpha value is -0.560. The van der Waals surface area contributed by atoms with Crippen molar-refractivity contribution < 1.29 is 69.6 Å². The van der Waals surface area contributed by atoms with Crippen LogP contribution < -0.4 is 0 Å². The van der Waals surface area contributed by atoms with Crippen LogP contribution in [0.3, 0.4) is 0 Å². The number of hydrogen-bond donors (Lipinski definition) is 9. The number of hydrogen-bond acceptors (Lipinski definition) is 14. The Morgan fingerprint density at radius 3 is 1.56 bits per heavy atom. The van der Waals surface area contributed by atoms with Crippen LogP contribution in [0, 0.1) is 0 Å². The van der Waals surface area contributed by atoms with Gasteiger partial charge in [0.2, 0.25) is 0 Å². The van der Waals surface area contributed by atoms with Gasteiger partial charge < -0.3 is 69.6 Å². The Kier molecular flexibility index (Phi) is 8.79. The molecule has 0 bridgehead atoms. The molecule has 0 aromatic carbocycles. The van der Waals surface area contributed by atoms with Crippen LogP contribution in [0.2, 0.25) is 0 Å². The second-order valence-electron chi connectivity index (χ2n) is 8.16. The lowest BCUT2D eigenvalue weighted by molar-refractivity contribution is -0.362. The Morgan fingerprint density at radius 2 is 1.00 bits per heavy atom. The largest absolute Gasteiger partial charge is 0.394 e. The van der Waals surface area contributed by atoms with Gasteiger partial charge in [-0.3, -0.25) is 0 Å². The van der Waals surface area contributed by atoms with Crippen LogP contribution in [-0.4, -0.2) is 152 Å². The number of rotatable bonds is 7. The van der Waals surface area contributed by atoms with E-state index in [-0.39, 0.29) is 0 Å². The summed E-state index contributed by atoms with van der Waals surface area (Å²) in [6.45, 7) is -0.406. The van der Waals surface area contributed by atoms with Crippen molar-refractivity contribution in [3.63, 3.8) is 0 Å². The summed E-state index contributed by atoms with van der Waals surface area (Å²) in [5, 5.41) is 89.6. The molecule has 188 valence electrons. The van der Waals surface area contributed by atoms with Crippen molar-refractivity contribution >= 4 is 0 Å². The van der Waals surface area contributed by atoms with Crippen LogP contribution in [0.4, 0.5) is 0 Å². The molecular formula is C18H32O14. The van der Waals surface area contributed by atoms with E-state index >= 15 is 0 Å². The predicted octanol–water partition coefficient (Wildman–Crippen LogP) is -5.86. The molecule has 0 spiro atoms. The maximum atomic E-state index is 10.6. The van der Waals surface area contributed by atoms with E-state index in [1.807, 2.05) is 0 Å². The van der Waals surface area contributed by atoms with Gasteiger partial charge in [0.15, 0.2) is 12.6 Å². The highest BCUT2D eigenvalue weighted by molar-refractivity contribution is 4.96. The standard InChI is InChI=1S/C18H32O14/c1-5-9(22)11(24)13(26)17(28-5)32-16-8(4-21)30-18(14(27)12(16)25)31-15-7(3-20)29-6(2-19)10(15)23/h5-27H,2-4H2,1H3/t5-,6-,7+,8+,9-,10+,11+,12+,13+,14+,15+,16-,17-,18+/m0/s1. The molecule has 0 aliphatic carbocycles. The molecule has 0 aromatic rings. The van der Waals surface area contributed by atoms with E-state index in [0.717, 1.165) is 0 Å². The van der Waals surface area contributed by atoms with Gasteiger partial charge in [-0.15, -0.1) is 0 Å². The van der Waals surface area contributed by atoms with Crippen molar-refractivity contribution in [1.82, 2.24) is 0 Å². The van der Waals surface area contributed by atoms with Crippen LogP contribution in [-0.2, 0) is 23.7 Å². The summed E-state index contributed by atoms with van der Waals surface area (Å²) in [5.74, 6) is 0. The average molecular weight is 472 g/mol. The van der Waals surface area contributed by atoms with E-state index in [2.05, 4.69) is 0 Å². The second-order valence-corrected chi connectivity index (χ2v) is 8.16. The van der Waals surface area contributed by atoms with E-state index in [4.69, 9.17) is 23.7 Å². The third kappa shape index (κ3) is 4.94. The number of ether oxygens (including phenoxy) is 5. The monoisotopic (exact) mass is 472 g/mol. The molecule has 14 nitrogen and oxygen atoms in total. The normalized spacial score (nSPS) is 52.3. The molecule has 3 heterocycles. The predicted molar refractivity (Wildman–Crippen MR) is 98.7 cm³/mol. The third-order valence-corrected chi connectivity index (χ3v) is 6.00. The minimum Gasteiger partial charge on any atom is -0.394 e. The van der Waals surface area contributed by atoms with Gasteiger partial charge in [-0.1, -0.05) is 0 Å². The molecule has 0 amide bonds. The Morgan fingerprint density at radius 1 is 0.531 bits per heavy atom. The summed E-state index contributed by atoms with van der Waals surface area (Å²) in [4.78, 5) is 0. The lowest BCUT2D eigenvalue weighted by atomic mass is 9.97. The molecule has 0 saturated carbocycles. The van der Waals surface area contributed by atoms with Crippen molar-refractivity contribution in [2.24, 2.45) is 0 Å². The van der Waals surface area contributed by atoms with Gasteiger partial charge in [-0.25, -0.2) is 0 Å². The van der Waals surface area contributed by atoms with Crippen LogP contribution in [0.15, 0.2) is 0 Å².